The molecule has 0 saturated carbocycles. The molecule has 0 radical (unpaired) electrons. The lowest BCUT2D eigenvalue weighted by molar-refractivity contribution is -0.140. The first-order valence-corrected chi connectivity index (χ1v) is 10.0. The Labute approximate surface area is 181 Å². The number of carbonyl (C=O) groups excluding carboxylic acids is 2. The van der Waals surface area contributed by atoms with Gasteiger partial charge in [-0.25, -0.2) is 9.59 Å². The van der Waals surface area contributed by atoms with E-state index in [9.17, 15) is 14.9 Å². The molecule has 2 aromatic rings. The maximum atomic E-state index is 13.2. The number of dihydropyridines is 1. The van der Waals surface area contributed by atoms with Crippen LogP contribution >= 0.6 is 0 Å². The van der Waals surface area contributed by atoms with Crippen LogP contribution in [-0.2, 0) is 25.7 Å². The van der Waals surface area contributed by atoms with Crippen molar-refractivity contribution in [2.45, 2.75) is 33.3 Å². The Bertz CT molecular complexity index is 1090. The Hall–Kier alpha value is -3.85. The van der Waals surface area contributed by atoms with E-state index in [2.05, 4.69) is 11.4 Å². The Morgan fingerprint density at radius 1 is 0.968 bits per heavy atom. The van der Waals surface area contributed by atoms with Crippen molar-refractivity contribution in [2.24, 2.45) is 0 Å². The lowest BCUT2D eigenvalue weighted by Gasteiger charge is -2.30. The predicted molar refractivity (Wildman–Crippen MR) is 115 cm³/mol. The third kappa shape index (κ3) is 4.84. The van der Waals surface area contributed by atoms with Gasteiger partial charge in [-0.2, -0.15) is 5.26 Å². The van der Waals surface area contributed by atoms with E-state index in [0.29, 0.717) is 33.7 Å². The number of rotatable bonds is 6. The van der Waals surface area contributed by atoms with E-state index < -0.39 is 17.9 Å². The van der Waals surface area contributed by atoms with Gasteiger partial charge < -0.3 is 14.8 Å². The van der Waals surface area contributed by atoms with Crippen molar-refractivity contribution in [2.75, 3.05) is 6.61 Å². The summed E-state index contributed by atoms with van der Waals surface area (Å²) in [5.41, 5.74) is 3.78. The highest BCUT2D eigenvalue weighted by Gasteiger charge is 2.38. The Balaban J connectivity index is 2.03. The molecule has 0 fully saturated rings. The molecule has 158 valence electrons. The highest BCUT2D eigenvalue weighted by molar-refractivity contribution is 5.99. The summed E-state index contributed by atoms with van der Waals surface area (Å²) in [6.45, 7) is 5.58. The van der Waals surface area contributed by atoms with Crippen molar-refractivity contribution < 1.29 is 19.1 Å². The number of carbonyl (C=O) groups is 2. The summed E-state index contributed by atoms with van der Waals surface area (Å²) in [4.78, 5) is 26.0. The monoisotopic (exact) mass is 416 g/mol. The third-order valence-corrected chi connectivity index (χ3v) is 5.04. The smallest absolute Gasteiger partial charge is 0.337 e. The molecule has 0 aliphatic carbocycles. The van der Waals surface area contributed by atoms with Crippen LogP contribution in [0.2, 0.25) is 0 Å². The molecule has 2 aromatic carbocycles. The van der Waals surface area contributed by atoms with Crippen LogP contribution in [0.25, 0.3) is 0 Å². The molecule has 1 N–H and O–H groups in total. The van der Waals surface area contributed by atoms with Crippen LogP contribution in [-0.4, -0.2) is 18.5 Å². The number of ether oxygens (including phenoxy) is 2. The minimum atomic E-state index is -0.711. The molecule has 1 atom stereocenters. The van der Waals surface area contributed by atoms with E-state index in [1.165, 1.54) is 0 Å². The summed E-state index contributed by atoms with van der Waals surface area (Å²) in [6, 6.07) is 18.4. The summed E-state index contributed by atoms with van der Waals surface area (Å²) in [6.07, 6.45) is 0. The number of benzene rings is 2. The quantitative estimate of drug-likeness (QED) is 0.714. The van der Waals surface area contributed by atoms with E-state index in [4.69, 9.17) is 9.47 Å². The molecule has 6 nitrogen and oxygen atoms in total. The SMILES string of the molecule is CCOC(=O)C1=C(C)NC(C)=C(C(=O)OCc2ccccc2)C1c1cccc(C#N)c1. The average Bonchev–Trinajstić information content (AvgIpc) is 2.77. The second-order valence-electron chi connectivity index (χ2n) is 7.15. The number of hydrogen-bond acceptors (Lipinski definition) is 6. The van der Waals surface area contributed by atoms with Crippen molar-refractivity contribution >= 4 is 11.9 Å². The van der Waals surface area contributed by atoms with E-state index in [1.54, 1.807) is 45.0 Å². The normalized spacial score (nSPS) is 15.7. The van der Waals surface area contributed by atoms with Gasteiger partial charge in [0.15, 0.2) is 0 Å². The van der Waals surface area contributed by atoms with Crippen LogP contribution in [0.5, 0.6) is 0 Å². The van der Waals surface area contributed by atoms with Crippen molar-refractivity contribution in [1.82, 2.24) is 5.32 Å². The fourth-order valence-corrected chi connectivity index (χ4v) is 3.67. The molecule has 0 spiro atoms. The second kappa shape index (κ2) is 9.77. The van der Waals surface area contributed by atoms with Crippen LogP contribution in [0.15, 0.2) is 77.1 Å². The lowest BCUT2D eigenvalue weighted by atomic mass is 9.80. The topological polar surface area (TPSA) is 88.4 Å². The zero-order chi connectivity index (χ0) is 22.4. The Morgan fingerprint density at radius 2 is 1.61 bits per heavy atom. The molecule has 1 aliphatic rings. The predicted octanol–water partition coefficient (Wildman–Crippen LogP) is 4.10. The fourth-order valence-electron chi connectivity index (χ4n) is 3.67. The van der Waals surface area contributed by atoms with E-state index in [-0.39, 0.29) is 13.2 Å². The molecule has 1 heterocycles. The molecule has 0 aromatic heterocycles. The maximum Gasteiger partial charge on any atom is 0.337 e. The van der Waals surface area contributed by atoms with Crippen molar-refractivity contribution in [1.29, 1.82) is 5.26 Å². The van der Waals surface area contributed by atoms with Gasteiger partial charge in [-0.15, -0.1) is 0 Å². The number of allylic oxidation sites excluding steroid dienone is 2. The number of hydrogen-bond donors (Lipinski definition) is 1. The molecule has 6 heteroatoms. The van der Waals surface area contributed by atoms with Gasteiger partial charge in [-0.05, 0) is 44.0 Å². The summed E-state index contributed by atoms with van der Waals surface area (Å²) in [5.74, 6) is -1.76. The van der Waals surface area contributed by atoms with E-state index in [0.717, 1.165) is 5.56 Å². The van der Waals surface area contributed by atoms with Gasteiger partial charge in [0.05, 0.1) is 35.3 Å². The largest absolute Gasteiger partial charge is 0.463 e. The first-order chi connectivity index (χ1) is 15.0. The standard InChI is InChI=1S/C25H24N2O4/c1-4-30-24(28)21-16(2)27-17(3)22(23(21)20-12-8-11-19(13-20)14-26)25(29)31-15-18-9-6-5-7-10-18/h5-13,23,27H,4,15H2,1-3H3. The minimum absolute atomic E-state index is 0.110. The van der Waals surface area contributed by atoms with Gasteiger partial charge in [0.25, 0.3) is 0 Å². The third-order valence-electron chi connectivity index (χ3n) is 5.04. The summed E-state index contributed by atoms with van der Waals surface area (Å²) in [7, 11) is 0. The highest BCUT2D eigenvalue weighted by atomic mass is 16.5. The van der Waals surface area contributed by atoms with E-state index >= 15 is 0 Å². The zero-order valence-electron chi connectivity index (χ0n) is 17.8. The van der Waals surface area contributed by atoms with Gasteiger partial charge >= 0.3 is 11.9 Å². The van der Waals surface area contributed by atoms with Crippen molar-refractivity contribution in [3.05, 3.63) is 93.8 Å². The summed E-state index contributed by atoms with van der Waals surface area (Å²) >= 11 is 0. The highest BCUT2D eigenvalue weighted by Crippen LogP contribution is 2.39. The molecule has 1 unspecified atom stereocenters. The Kier molecular flexibility index (Phi) is 6.88. The van der Waals surface area contributed by atoms with Crippen LogP contribution in [0.3, 0.4) is 0 Å². The second-order valence-corrected chi connectivity index (χ2v) is 7.15. The van der Waals surface area contributed by atoms with Crippen molar-refractivity contribution in [3.8, 4) is 6.07 Å². The van der Waals surface area contributed by atoms with Crippen LogP contribution in [0.4, 0.5) is 0 Å². The van der Waals surface area contributed by atoms with E-state index in [1.807, 2.05) is 30.3 Å². The molecule has 0 bridgehead atoms. The molecule has 0 saturated heterocycles. The van der Waals surface area contributed by atoms with Gasteiger partial charge in [-0.1, -0.05) is 42.5 Å². The van der Waals surface area contributed by atoms with Gasteiger partial charge in [0.1, 0.15) is 6.61 Å². The molecule has 0 amide bonds. The number of esters is 2. The van der Waals surface area contributed by atoms with Gasteiger partial charge in [0.2, 0.25) is 0 Å². The number of nitrogens with one attached hydrogen (secondary N) is 1. The van der Waals surface area contributed by atoms with Crippen LogP contribution in [0.1, 0.15) is 43.4 Å². The van der Waals surface area contributed by atoms with Crippen molar-refractivity contribution in [3.63, 3.8) is 0 Å². The molecular formula is C25H24N2O4. The van der Waals surface area contributed by atoms with Gasteiger partial charge in [0, 0.05) is 11.4 Å². The average molecular weight is 416 g/mol. The number of nitriles is 1. The number of nitrogens with zero attached hydrogens (tertiary/aromatic N) is 1. The summed E-state index contributed by atoms with van der Waals surface area (Å²) in [5, 5.41) is 12.5. The minimum Gasteiger partial charge on any atom is -0.463 e. The van der Waals surface area contributed by atoms with Gasteiger partial charge in [-0.3, -0.25) is 0 Å². The first-order valence-electron chi connectivity index (χ1n) is 10.0. The van der Waals surface area contributed by atoms with Crippen LogP contribution < -0.4 is 5.32 Å². The molecule has 3 rings (SSSR count). The summed E-state index contributed by atoms with van der Waals surface area (Å²) < 4.78 is 10.9. The zero-order valence-corrected chi connectivity index (χ0v) is 17.8. The first kappa shape index (κ1) is 21.8. The molecule has 31 heavy (non-hydrogen) atoms. The van der Waals surface area contributed by atoms with Crippen LogP contribution in [0, 0.1) is 11.3 Å². The Morgan fingerprint density at radius 3 is 2.23 bits per heavy atom. The maximum absolute atomic E-state index is 13.2. The molecule has 1 aliphatic heterocycles. The fraction of sp³-hybridized carbons (Fsp3) is 0.240. The lowest BCUT2D eigenvalue weighted by Crippen LogP contribution is -2.32. The molecular weight excluding hydrogens is 392 g/mol.